The SMILES string of the molecule is COc1cccc(N2CC(CNS(=O)(=O)c3ccc(F)cc3C)OC2=O)c1. The number of carbonyl (C=O) groups is 1. The number of rotatable bonds is 6. The highest BCUT2D eigenvalue weighted by Gasteiger charge is 2.33. The first kappa shape index (κ1) is 19.1. The van der Waals surface area contributed by atoms with Gasteiger partial charge >= 0.3 is 6.09 Å². The van der Waals surface area contributed by atoms with Crippen molar-refractivity contribution >= 4 is 21.8 Å². The van der Waals surface area contributed by atoms with Crippen molar-refractivity contribution in [3.63, 3.8) is 0 Å². The van der Waals surface area contributed by atoms with Gasteiger partial charge in [0.1, 0.15) is 17.7 Å². The Labute approximate surface area is 156 Å². The molecule has 2 aromatic carbocycles. The fraction of sp³-hybridized carbons (Fsp3) is 0.278. The molecule has 1 aliphatic heterocycles. The highest BCUT2D eigenvalue weighted by molar-refractivity contribution is 7.89. The Morgan fingerprint density at radius 1 is 1.30 bits per heavy atom. The van der Waals surface area contributed by atoms with E-state index in [1.807, 2.05) is 0 Å². The van der Waals surface area contributed by atoms with Crippen LogP contribution in [0.4, 0.5) is 14.9 Å². The van der Waals surface area contributed by atoms with Crippen LogP contribution in [0, 0.1) is 12.7 Å². The molecule has 1 unspecified atom stereocenters. The Morgan fingerprint density at radius 2 is 2.07 bits per heavy atom. The molecule has 0 bridgehead atoms. The van der Waals surface area contributed by atoms with Crippen LogP contribution in [0.3, 0.4) is 0 Å². The van der Waals surface area contributed by atoms with Gasteiger partial charge in [-0.25, -0.2) is 22.3 Å². The molecule has 1 atom stereocenters. The summed E-state index contributed by atoms with van der Waals surface area (Å²) in [7, 11) is -2.33. The molecule has 1 heterocycles. The number of sulfonamides is 1. The topological polar surface area (TPSA) is 84.9 Å². The number of nitrogens with zero attached hydrogens (tertiary/aromatic N) is 1. The summed E-state index contributed by atoms with van der Waals surface area (Å²) < 4.78 is 50.8. The minimum absolute atomic E-state index is 0.0159. The van der Waals surface area contributed by atoms with Gasteiger partial charge in [-0.1, -0.05) is 6.07 Å². The molecule has 1 saturated heterocycles. The summed E-state index contributed by atoms with van der Waals surface area (Å²) in [6, 6.07) is 10.4. The van der Waals surface area contributed by atoms with Gasteiger partial charge in [0.2, 0.25) is 10.0 Å². The molecule has 0 radical (unpaired) electrons. The van der Waals surface area contributed by atoms with Crippen molar-refractivity contribution in [2.24, 2.45) is 0 Å². The van der Waals surface area contributed by atoms with Gasteiger partial charge < -0.3 is 9.47 Å². The minimum Gasteiger partial charge on any atom is -0.497 e. The number of hydrogen-bond acceptors (Lipinski definition) is 5. The summed E-state index contributed by atoms with van der Waals surface area (Å²) >= 11 is 0. The molecule has 144 valence electrons. The molecule has 27 heavy (non-hydrogen) atoms. The van der Waals surface area contributed by atoms with E-state index < -0.39 is 28.0 Å². The van der Waals surface area contributed by atoms with E-state index in [1.54, 1.807) is 24.3 Å². The largest absolute Gasteiger partial charge is 0.497 e. The van der Waals surface area contributed by atoms with E-state index in [4.69, 9.17) is 9.47 Å². The molecule has 7 nitrogen and oxygen atoms in total. The molecule has 9 heteroatoms. The van der Waals surface area contributed by atoms with Crippen LogP contribution in [0.25, 0.3) is 0 Å². The second-order valence-electron chi connectivity index (χ2n) is 6.08. The van der Waals surface area contributed by atoms with Crippen LogP contribution in [0.1, 0.15) is 5.56 Å². The molecule has 0 spiro atoms. The lowest BCUT2D eigenvalue weighted by Crippen LogP contribution is -2.35. The van der Waals surface area contributed by atoms with E-state index in [2.05, 4.69) is 4.72 Å². The molecule has 1 aliphatic rings. The molecular weight excluding hydrogens is 375 g/mol. The van der Waals surface area contributed by atoms with E-state index in [-0.39, 0.29) is 18.0 Å². The van der Waals surface area contributed by atoms with Crippen molar-refractivity contribution in [3.8, 4) is 5.75 Å². The van der Waals surface area contributed by atoms with Crippen molar-refractivity contribution in [1.29, 1.82) is 0 Å². The first-order chi connectivity index (χ1) is 12.8. The number of halogens is 1. The molecule has 1 fully saturated rings. The van der Waals surface area contributed by atoms with E-state index in [9.17, 15) is 17.6 Å². The quantitative estimate of drug-likeness (QED) is 0.814. The summed E-state index contributed by atoms with van der Waals surface area (Å²) in [4.78, 5) is 13.5. The van der Waals surface area contributed by atoms with Crippen molar-refractivity contribution in [2.75, 3.05) is 25.1 Å². The van der Waals surface area contributed by atoms with E-state index >= 15 is 0 Å². The first-order valence-electron chi connectivity index (χ1n) is 8.18. The van der Waals surface area contributed by atoms with Gasteiger partial charge in [-0.3, -0.25) is 4.90 Å². The number of nitrogens with one attached hydrogen (secondary N) is 1. The zero-order valence-corrected chi connectivity index (χ0v) is 15.6. The molecule has 3 rings (SSSR count). The van der Waals surface area contributed by atoms with E-state index in [1.165, 1.54) is 25.0 Å². The Hall–Kier alpha value is -2.65. The third kappa shape index (κ3) is 4.20. The normalized spacial score (nSPS) is 17.1. The monoisotopic (exact) mass is 394 g/mol. The number of methoxy groups -OCH3 is 1. The van der Waals surface area contributed by atoms with Crippen LogP contribution in [0.2, 0.25) is 0 Å². The third-order valence-corrected chi connectivity index (χ3v) is 5.75. The molecule has 1 N–H and O–H groups in total. The van der Waals surface area contributed by atoms with Gasteiger partial charge in [0.05, 0.1) is 24.2 Å². The zero-order valence-electron chi connectivity index (χ0n) is 14.8. The number of hydrogen-bond donors (Lipinski definition) is 1. The maximum absolute atomic E-state index is 13.2. The molecule has 1 amide bonds. The lowest BCUT2D eigenvalue weighted by molar-refractivity contribution is 0.143. The Morgan fingerprint density at radius 3 is 2.78 bits per heavy atom. The molecular formula is C18H19FN2O5S. The summed E-state index contributed by atoms with van der Waals surface area (Å²) in [6.45, 7) is 1.61. The smallest absolute Gasteiger partial charge is 0.414 e. The van der Waals surface area contributed by atoms with Gasteiger partial charge in [0.25, 0.3) is 0 Å². The first-order valence-corrected chi connectivity index (χ1v) is 9.66. The fourth-order valence-corrected chi connectivity index (χ4v) is 4.10. The highest BCUT2D eigenvalue weighted by atomic mass is 32.2. The van der Waals surface area contributed by atoms with Crippen LogP contribution in [0.15, 0.2) is 47.4 Å². The summed E-state index contributed by atoms with van der Waals surface area (Å²) in [5.74, 6) is 0.0846. The van der Waals surface area contributed by atoms with Gasteiger partial charge in [0, 0.05) is 12.6 Å². The maximum atomic E-state index is 13.2. The van der Waals surface area contributed by atoms with Gasteiger partial charge in [0.15, 0.2) is 0 Å². The number of amides is 1. The highest BCUT2D eigenvalue weighted by Crippen LogP contribution is 2.25. The lowest BCUT2D eigenvalue weighted by atomic mass is 10.2. The van der Waals surface area contributed by atoms with Gasteiger partial charge in [-0.2, -0.15) is 0 Å². The Bertz CT molecular complexity index is 964. The van der Waals surface area contributed by atoms with Crippen LogP contribution in [-0.4, -0.2) is 40.8 Å². The van der Waals surface area contributed by atoms with Crippen LogP contribution >= 0.6 is 0 Å². The average Bonchev–Trinajstić information content (AvgIpc) is 3.00. The van der Waals surface area contributed by atoms with Crippen molar-refractivity contribution in [1.82, 2.24) is 4.72 Å². The second-order valence-corrected chi connectivity index (χ2v) is 7.81. The molecule has 2 aromatic rings. The van der Waals surface area contributed by atoms with Crippen molar-refractivity contribution in [3.05, 3.63) is 53.8 Å². The predicted octanol–water partition coefficient (Wildman–Crippen LogP) is 2.45. The third-order valence-electron chi connectivity index (χ3n) is 4.17. The van der Waals surface area contributed by atoms with Crippen LogP contribution in [-0.2, 0) is 14.8 Å². The number of ether oxygens (including phenoxy) is 2. The Kier molecular flexibility index (Phi) is 5.33. The standard InChI is InChI=1S/C18H19FN2O5S/c1-12-8-13(19)6-7-17(12)27(23,24)20-10-16-11-21(18(22)26-16)14-4-3-5-15(9-14)25-2/h3-9,16,20H,10-11H2,1-2H3. The van der Waals surface area contributed by atoms with Gasteiger partial charge in [-0.15, -0.1) is 0 Å². The zero-order chi connectivity index (χ0) is 19.6. The molecule has 0 aromatic heterocycles. The average molecular weight is 394 g/mol. The second kappa shape index (κ2) is 7.53. The van der Waals surface area contributed by atoms with Crippen molar-refractivity contribution < 1.29 is 27.1 Å². The summed E-state index contributed by atoms with van der Waals surface area (Å²) in [5.41, 5.74) is 0.892. The Balaban J connectivity index is 1.67. The van der Waals surface area contributed by atoms with Crippen LogP contribution < -0.4 is 14.4 Å². The minimum atomic E-state index is -3.85. The number of benzene rings is 2. The maximum Gasteiger partial charge on any atom is 0.414 e. The summed E-state index contributed by atoms with van der Waals surface area (Å²) in [6.07, 6.45) is -1.22. The van der Waals surface area contributed by atoms with Crippen LogP contribution in [0.5, 0.6) is 5.75 Å². The molecule has 0 saturated carbocycles. The van der Waals surface area contributed by atoms with Gasteiger partial charge in [-0.05, 0) is 42.8 Å². The number of carbonyl (C=O) groups excluding carboxylic acids is 1. The van der Waals surface area contributed by atoms with E-state index in [0.29, 0.717) is 17.0 Å². The fourth-order valence-electron chi connectivity index (χ4n) is 2.81. The van der Waals surface area contributed by atoms with Crippen molar-refractivity contribution in [2.45, 2.75) is 17.9 Å². The number of aryl methyl sites for hydroxylation is 1. The summed E-state index contributed by atoms with van der Waals surface area (Å²) in [5, 5.41) is 0. The predicted molar refractivity (Wildman–Crippen MR) is 96.9 cm³/mol. The number of cyclic esters (lactones) is 1. The lowest BCUT2D eigenvalue weighted by Gasteiger charge is -2.14. The molecule has 0 aliphatic carbocycles. The number of anilines is 1. The van der Waals surface area contributed by atoms with E-state index in [0.717, 1.165) is 12.1 Å².